The normalized spacial score (nSPS) is 12.2. The van der Waals surface area contributed by atoms with Crippen LogP contribution >= 0.6 is 0 Å². The zero-order valence-electron chi connectivity index (χ0n) is 14.4. The van der Waals surface area contributed by atoms with Crippen molar-refractivity contribution < 1.29 is 19.8 Å². The van der Waals surface area contributed by atoms with Gasteiger partial charge in [0.05, 0.1) is 0 Å². The smallest absolute Gasteiger partial charge is 0.303 e. The summed E-state index contributed by atoms with van der Waals surface area (Å²) in [6.07, 6.45) is 22.1. The summed E-state index contributed by atoms with van der Waals surface area (Å²) in [6, 6.07) is 0. The number of rotatable bonds is 15. The molecule has 0 saturated heterocycles. The van der Waals surface area contributed by atoms with Gasteiger partial charge in [-0.3, -0.25) is 9.59 Å². The van der Waals surface area contributed by atoms with E-state index in [0.717, 1.165) is 38.5 Å². The SMILES string of the molecule is O=C(O)CCCC(=O)/C=C/C=C\C/C=C\C/C=C\CCCCCO. The molecule has 0 aliphatic heterocycles. The van der Waals surface area contributed by atoms with Crippen molar-refractivity contribution in [3.05, 3.63) is 48.6 Å². The van der Waals surface area contributed by atoms with Gasteiger partial charge in [-0.2, -0.15) is 0 Å². The highest BCUT2D eigenvalue weighted by Crippen LogP contribution is 2.01. The van der Waals surface area contributed by atoms with E-state index in [-0.39, 0.29) is 25.2 Å². The molecule has 0 saturated carbocycles. The fourth-order valence-corrected chi connectivity index (χ4v) is 1.93. The second-order valence-corrected chi connectivity index (χ2v) is 5.49. The van der Waals surface area contributed by atoms with Gasteiger partial charge in [0.1, 0.15) is 0 Å². The minimum Gasteiger partial charge on any atom is -0.481 e. The van der Waals surface area contributed by atoms with Crippen molar-refractivity contribution in [1.82, 2.24) is 0 Å². The molecule has 0 bridgehead atoms. The van der Waals surface area contributed by atoms with Crippen LogP contribution in [0.2, 0.25) is 0 Å². The molecule has 0 aliphatic carbocycles. The van der Waals surface area contributed by atoms with Crippen molar-refractivity contribution >= 4 is 11.8 Å². The number of allylic oxidation sites excluding steroid dienone is 8. The maximum Gasteiger partial charge on any atom is 0.303 e. The van der Waals surface area contributed by atoms with E-state index in [1.165, 1.54) is 6.08 Å². The lowest BCUT2D eigenvalue weighted by Gasteiger charge is -1.93. The minimum atomic E-state index is -0.866. The van der Waals surface area contributed by atoms with Crippen molar-refractivity contribution in [3.63, 3.8) is 0 Å². The molecule has 0 heterocycles. The zero-order valence-corrected chi connectivity index (χ0v) is 14.4. The zero-order chi connectivity index (χ0) is 17.9. The van der Waals surface area contributed by atoms with Crippen molar-refractivity contribution in [2.24, 2.45) is 0 Å². The first-order chi connectivity index (χ1) is 11.7. The lowest BCUT2D eigenvalue weighted by atomic mass is 10.1. The Balaban J connectivity index is 3.59. The average molecular weight is 334 g/mol. The van der Waals surface area contributed by atoms with E-state index in [1.807, 2.05) is 12.2 Å². The van der Waals surface area contributed by atoms with Crippen molar-refractivity contribution in [2.45, 2.75) is 57.8 Å². The van der Waals surface area contributed by atoms with Gasteiger partial charge in [-0.15, -0.1) is 0 Å². The molecule has 0 atom stereocenters. The minimum absolute atomic E-state index is 0.0390. The van der Waals surface area contributed by atoms with Crippen LogP contribution in [0.4, 0.5) is 0 Å². The van der Waals surface area contributed by atoms with Crippen molar-refractivity contribution in [2.75, 3.05) is 6.61 Å². The number of unbranched alkanes of at least 4 members (excludes halogenated alkanes) is 3. The van der Waals surface area contributed by atoms with Crippen molar-refractivity contribution in [1.29, 1.82) is 0 Å². The van der Waals surface area contributed by atoms with Crippen LogP contribution in [0.25, 0.3) is 0 Å². The van der Waals surface area contributed by atoms with Crippen LogP contribution in [0, 0.1) is 0 Å². The first kappa shape index (κ1) is 22.1. The molecular formula is C20H30O4. The number of carbonyl (C=O) groups excluding carboxylic acids is 1. The number of carboxylic acids is 1. The standard InChI is InChI=1S/C20H30O4/c21-18-13-11-9-7-5-3-1-2-4-6-8-10-12-15-19(22)16-14-17-20(23)24/h2-5,8,10,12,15,21H,1,6-7,9,11,13-14,16-18H2,(H,23,24)/b4-2-,5-3-,10-8-,15-12+. The summed E-state index contributed by atoms with van der Waals surface area (Å²) in [5.41, 5.74) is 0. The number of hydrogen-bond donors (Lipinski definition) is 2. The molecule has 0 spiro atoms. The first-order valence-corrected chi connectivity index (χ1v) is 8.65. The molecule has 0 aromatic carbocycles. The number of carboxylic acid groups (broad SMARTS) is 1. The molecule has 0 unspecified atom stereocenters. The number of aliphatic hydroxyl groups excluding tert-OH is 1. The molecule has 0 radical (unpaired) electrons. The Bertz CT molecular complexity index is 445. The molecular weight excluding hydrogens is 304 g/mol. The summed E-state index contributed by atoms with van der Waals surface area (Å²) in [4.78, 5) is 21.7. The van der Waals surface area contributed by atoms with Gasteiger partial charge >= 0.3 is 5.97 Å². The molecule has 24 heavy (non-hydrogen) atoms. The lowest BCUT2D eigenvalue weighted by Crippen LogP contribution is -1.97. The molecule has 0 aromatic rings. The quantitative estimate of drug-likeness (QED) is 0.202. The monoisotopic (exact) mass is 334 g/mol. The van der Waals surface area contributed by atoms with Gasteiger partial charge in [0.2, 0.25) is 0 Å². The van der Waals surface area contributed by atoms with Crippen LogP contribution in [0.5, 0.6) is 0 Å². The van der Waals surface area contributed by atoms with Crippen molar-refractivity contribution in [3.8, 4) is 0 Å². The van der Waals surface area contributed by atoms with E-state index in [0.29, 0.717) is 6.42 Å². The Morgan fingerprint density at radius 2 is 1.46 bits per heavy atom. The molecule has 4 heteroatoms. The number of carbonyl (C=O) groups is 2. The van der Waals surface area contributed by atoms with Crippen LogP contribution in [-0.4, -0.2) is 28.6 Å². The fraction of sp³-hybridized carbons (Fsp3) is 0.500. The Morgan fingerprint density at radius 1 is 0.750 bits per heavy atom. The van der Waals surface area contributed by atoms with Gasteiger partial charge in [0.25, 0.3) is 0 Å². The van der Waals surface area contributed by atoms with Gasteiger partial charge in [-0.25, -0.2) is 0 Å². The van der Waals surface area contributed by atoms with Gasteiger partial charge < -0.3 is 10.2 Å². The van der Waals surface area contributed by atoms with Crippen LogP contribution < -0.4 is 0 Å². The van der Waals surface area contributed by atoms with Crippen LogP contribution in [0.1, 0.15) is 57.8 Å². The topological polar surface area (TPSA) is 74.6 Å². The maximum atomic E-state index is 11.4. The van der Waals surface area contributed by atoms with E-state index in [9.17, 15) is 9.59 Å². The van der Waals surface area contributed by atoms with Gasteiger partial charge in [0, 0.05) is 19.4 Å². The Labute approximate surface area is 145 Å². The molecule has 0 rings (SSSR count). The molecule has 2 N–H and O–H groups in total. The predicted octanol–water partition coefficient (Wildman–Crippen LogP) is 4.37. The fourth-order valence-electron chi connectivity index (χ4n) is 1.93. The molecule has 0 amide bonds. The second kappa shape index (κ2) is 17.4. The number of aliphatic hydroxyl groups is 1. The average Bonchev–Trinajstić information content (AvgIpc) is 2.55. The third-order valence-corrected chi connectivity index (χ3v) is 3.25. The number of hydrogen-bond acceptors (Lipinski definition) is 3. The molecule has 0 aromatic heterocycles. The van der Waals surface area contributed by atoms with Gasteiger partial charge in [0.15, 0.2) is 5.78 Å². The highest BCUT2D eigenvalue weighted by atomic mass is 16.4. The van der Waals surface area contributed by atoms with Gasteiger partial charge in [-0.1, -0.05) is 49.0 Å². The highest BCUT2D eigenvalue weighted by molar-refractivity contribution is 5.90. The summed E-state index contributed by atoms with van der Waals surface area (Å²) in [6.45, 7) is 0.286. The predicted molar refractivity (Wildman–Crippen MR) is 97.8 cm³/mol. The van der Waals surface area contributed by atoms with E-state index in [1.54, 1.807) is 6.08 Å². The van der Waals surface area contributed by atoms with E-state index < -0.39 is 5.97 Å². The Kier molecular flexibility index (Phi) is 16.0. The Hall–Kier alpha value is -1.94. The largest absolute Gasteiger partial charge is 0.481 e. The molecule has 134 valence electrons. The number of aliphatic carboxylic acids is 1. The van der Waals surface area contributed by atoms with Crippen LogP contribution in [-0.2, 0) is 9.59 Å². The molecule has 0 aliphatic rings. The third kappa shape index (κ3) is 18.1. The molecule has 0 fully saturated rings. The molecule has 4 nitrogen and oxygen atoms in total. The lowest BCUT2D eigenvalue weighted by molar-refractivity contribution is -0.137. The Morgan fingerprint density at radius 3 is 2.17 bits per heavy atom. The van der Waals surface area contributed by atoms with E-state index in [2.05, 4.69) is 24.3 Å². The van der Waals surface area contributed by atoms with E-state index in [4.69, 9.17) is 10.2 Å². The van der Waals surface area contributed by atoms with Crippen LogP contribution in [0.3, 0.4) is 0 Å². The second-order valence-electron chi connectivity index (χ2n) is 5.49. The first-order valence-electron chi connectivity index (χ1n) is 8.65. The summed E-state index contributed by atoms with van der Waals surface area (Å²) in [5, 5.41) is 17.1. The van der Waals surface area contributed by atoms with Crippen LogP contribution in [0.15, 0.2) is 48.6 Å². The maximum absolute atomic E-state index is 11.4. The summed E-state index contributed by atoms with van der Waals surface area (Å²) >= 11 is 0. The van der Waals surface area contributed by atoms with E-state index >= 15 is 0 Å². The summed E-state index contributed by atoms with van der Waals surface area (Å²) in [7, 11) is 0. The summed E-state index contributed by atoms with van der Waals surface area (Å²) in [5.74, 6) is -0.907. The number of ketones is 1. The third-order valence-electron chi connectivity index (χ3n) is 3.25. The highest BCUT2D eigenvalue weighted by Gasteiger charge is 1.99. The summed E-state index contributed by atoms with van der Waals surface area (Å²) < 4.78 is 0. The van der Waals surface area contributed by atoms with Gasteiger partial charge in [-0.05, 0) is 44.6 Å².